The molecule has 1 rings (SSSR count). The third kappa shape index (κ3) is 1.79. The smallest absolute Gasteiger partial charge is 0.335 e. The summed E-state index contributed by atoms with van der Waals surface area (Å²) in [6.07, 6.45) is 2.14. The zero-order valence-corrected chi connectivity index (χ0v) is 9.21. The van der Waals surface area contributed by atoms with Crippen LogP contribution in [0.25, 0.3) is 0 Å². The van der Waals surface area contributed by atoms with Gasteiger partial charge in [-0.15, -0.1) is 0 Å². The van der Waals surface area contributed by atoms with E-state index in [1.807, 2.05) is 0 Å². The van der Waals surface area contributed by atoms with Crippen molar-refractivity contribution in [3.05, 3.63) is 33.4 Å². The number of carbonyl (C=O) groups is 2. The van der Waals surface area contributed by atoms with Crippen molar-refractivity contribution in [1.29, 1.82) is 0 Å². The fourth-order valence-corrected chi connectivity index (χ4v) is 1.82. The largest absolute Gasteiger partial charge is 0.481 e. The molecule has 0 saturated heterocycles. The second-order valence-corrected chi connectivity index (χ2v) is 3.92. The van der Waals surface area contributed by atoms with Crippen LogP contribution in [0.2, 0.25) is 0 Å². The number of nitrogens with zero attached hydrogens (tertiary/aromatic N) is 1. The van der Waals surface area contributed by atoms with Gasteiger partial charge in [0.1, 0.15) is 5.92 Å². The fraction of sp³-hybridized carbons (Fsp3) is 0.400. The normalized spacial score (nSPS) is 28.0. The third-order valence-corrected chi connectivity index (χ3v) is 3.10. The first kappa shape index (κ1) is 12.9. The summed E-state index contributed by atoms with van der Waals surface area (Å²) < 4.78 is 0. The number of carboxylic acids is 2. The van der Waals surface area contributed by atoms with Crippen molar-refractivity contribution in [2.24, 2.45) is 5.92 Å². The van der Waals surface area contributed by atoms with E-state index in [-0.39, 0.29) is 11.1 Å². The molecular formula is C10H11NO6. The Kier molecular flexibility index (Phi) is 3.03. The molecule has 0 saturated carbocycles. The van der Waals surface area contributed by atoms with E-state index in [9.17, 15) is 19.7 Å². The van der Waals surface area contributed by atoms with Crippen LogP contribution in [0.1, 0.15) is 13.8 Å². The lowest BCUT2D eigenvalue weighted by atomic mass is 9.74. The summed E-state index contributed by atoms with van der Waals surface area (Å²) in [5.74, 6) is -4.04. The van der Waals surface area contributed by atoms with E-state index in [1.165, 1.54) is 6.92 Å². The van der Waals surface area contributed by atoms with Crippen molar-refractivity contribution in [3.63, 3.8) is 0 Å². The van der Waals surface area contributed by atoms with Gasteiger partial charge in [0.15, 0.2) is 0 Å². The molecule has 92 valence electrons. The highest BCUT2D eigenvalue weighted by molar-refractivity contribution is 5.92. The summed E-state index contributed by atoms with van der Waals surface area (Å²) in [6, 6.07) is 0. The molecule has 7 heteroatoms. The average molecular weight is 241 g/mol. The summed E-state index contributed by atoms with van der Waals surface area (Å²) in [5.41, 5.74) is -2.24. The predicted octanol–water partition coefficient (Wildman–Crippen LogP) is 0.694. The number of rotatable bonds is 3. The first-order chi connectivity index (χ1) is 7.72. The van der Waals surface area contributed by atoms with Crippen LogP contribution in [0.5, 0.6) is 0 Å². The van der Waals surface area contributed by atoms with Crippen LogP contribution >= 0.6 is 0 Å². The molecule has 2 atom stereocenters. The van der Waals surface area contributed by atoms with Crippen LogP contribution in [-0.2, 0) is 9.59 Å². The Balaban J connectivity index is 3.45. The highest BCUT2D eigenvalue weighted by Gasteiger charge is 2.53. The lowest BCUT2D eigenvalue weighted by Crippen LogP contribution is -2.48. The topological polar surface area (TPSA) is 118 Å². The van der Waals surface area contributed by atoms with Gasteiger partial charge in [-0.1, -0.05) is 12.2 Å². The van der Waals surface area contributed by atoms with Crippen molar-refractivity contribution in [1.82, 2.24) is 0 Å². The summed E-state index contributed by atoms with van der Waals surface area (Å²) in [6.45, 7) is 2.39. The Bertz CT molecular complexity index is 463. The van der Waals surface area contributed by atoms with E-state index in [0.29, 0.717) is 0 Å². The van der Waals surface area contributed by atoms with Crippen LogP contribution in [0.15, 0.2) is 23.3 Å². The molecule has 0 aliphatic heterocycles. The maximum absolute atomic E-state index is 11.1. The molecule has 0 fully saturated rings. The maximum Gasteiger partial charge on any atom is 0.335 e. The van der Waals surface area contributed by atoms with Crippen molar-refractivity contribution >= 4 is 11.9 Å². The van der Waals surface area contributed by atoms with Gasteiger partial charge in [-0.3, -0.25) is 14.9 Å². The second-order valence-electron chi connectivity index (χ2n) is 3.92. The minimum absolute atomic E-state index is 0.0649. The first-order valence-corrected chi connectivity index (χ1v) is 4.73. The van der Waals surface area contributed by atoms with E-state index in [4.69, 9.17) is 10.2 Å². The molecule has 2 unspecified atom stereocenters. The van der Waals surface area contributed by atoms with Crippen molar-refractivity contribution in [3.8, 4) is 0 Å². The minimum atomic E-state index is -1.94. The second kappa shape index (κ2) is 4.00. The van der Waals surface area contributed by atoms with E-state index < -0.39 is 28.3 Å². The Labute approximate surface area is 96.2 Å². The molecule has 1 aliphatic carbocycles. The number of hydrogen-bond donors (Lipinski definition) is 2. The SMILES string of the molecule is CC1=C(C(=O)O)C=CC(C(=O)O)C1(C)[N+](=O)[O-]. The van der Waals surface area contributed by atoms with E-state index >= 15 is 0 Å². The van der Waals surface area contributed by atoms with Crippen LogP contribution in [0, 0.1) is 16.0 Å². The molecule has 2 N–H and O–H groups in total. The monoisotopic (exact) mass is 241 g/mol. The third-order valence-electron chi connectivity index (χ3n) is 3.10. The summed E-state index contributed by atoms with van der Waals surface area (Å²) in [7, 11) is 0. The van der Waals surface area contributed by atoms with Crippen LogP contribution in [-0.4, -0.2) is 32.6 Å². The Morgan fingerprint density at radius 1 is 1.47 bits per heavy atom. The van der Waals surface area contributed by atoms with Gasteiger partial charge in [-0.25, -0.2) is 4.79 Å². The summed E-state index contributed by atoms with van der Waals surface area (Å²) in [4.78, 5) is 32.1. The minimum Gasteiger partial charge on any atom is -0.481 e. The van der Waals surface area contributed by atoms with Gasteiger partial charge in [-0.2, -0.15) is 0 Å². The van der Waals surface area contributed by atoms with Crippen molar-refractivity contribution in [2.75, 3.05) is 0 Å². The molecule has 0 aromatic heterocycles. The van der Waals surface area contributed by atoms with Gasteiger partial charge in [0.25, 0.3) is 5.54 Å². The van der Waals surface area contributed by atoms with Gasteiger partial charge in [-0.05, 0) is 6.92 Å². The van der Waals surface area contributed by atoms with Gasteiger partial charge >= 0.3 is 11.9 Å². The van der Waals surface area contributed by atoms with E-state index in [1.54, 1.807) is 0 Å². The van der Waals surface area contributed by atoms with E-state index in [0.717, 1.165) is 19.1 Å². The van der Waals surface area contributed by atoms with Gasteiger partial charge in [0, 0.05) is 17.4 Å². The van der Waals surface area contributed by atoms with Crippen molar-refractivity contribution in [2.45, 2.75) is 19.4 Å². The number of hydrogen-bond acceptors (Lipinski definition) is 4. The maximum atomic E-state index is 11.1. The Hall–Kier alpha value is -2.18. The average Bonchev–Trinajstić information content (AvgIpc) is 2.20. The van der Waals surface area contributed by atoms with Crippen LogP contribution < -0.4 is 0 Å². The summed E-state index contributed by atoms with van der Waals surface area (Å²) >= 11 is 0. The number of aliphatic carboxylic acids is 2. The molecule has 1 aliphatic rings. The lowest BCUT2D eigenvalue weighted by molar-refractivity contribution is -0.559. The standard InChI is InChI=1S/C10H11NO6/c1-5-6(8(12)13)3-4-7(9(14)15)10(5,2)11(16)17/h3-4,7H,1-2H3,(H,12,13)(H,14,15). The van der Waals surface area contributed by atoms with Gasteiger partial charge < -0.3 is 10.2 Å². The first-order valence-electron chi connectivity index (χ1n) is 4.73. The molecule has 0 radical (unpaired) electrons. The van der Waals surface area contributed by atoms with E-state index in [2.05, 4.69) is 0 Å². The predicted molar refractivity (Wildman–Crippen MR) is 56.0 cm³/mol. The Morgan fingerprint density at radius 2 is 2.00 bits per heavy atom. The zero-order valence-electron chi connectivity index (χ0n) is 9.21. The van der Waals surface area contributed by atoms with Gasteiger partial charge in [0.05, 0.1) is 5.57 Å². The van der Waals surface area contributed by atoms with Crippen LogP contribution in [0.4, 0.5) is 0 Å². The molecule has 0 bridgehead atoms. The summed E-state index contributed by atoms with van der Waals surface area (Å²) in [5, 5.41) is 28.9. The molecule has 0 heterocycles. The van der Waals surface area contributed by atoms with Crippen LogP contribution in [0.3, 0.4) is 0 Å². The molecule has 7 nitrogen and oxygen atoms in total. The molecule has 17 heavy (non-hydrogen) atoms. The number of nitro groups is 1. The molecule has 0 aromatic rings. The molecule has 0 amide bonds. The molecular weight excluding hydrogens is 230 g/mol. The quantitative estimate of drug-likeness (QED) is 0.554. The highest BCUT2D eigenvalue weighted by Crippen LogP contribution is 2.36. The lowest BCUT2D eigenvalue weighted by Gasteiger charge is -2.29. The number of carboxylic acid groups (broad SMARTS) is 2. The highest BCUT2D eigenvalue weighted by atomic mass is 16.6. The van der Waals surface area contributed by atoms with Gasteiger partial charge in [0.2, 0.25) is 0 Å². The van der Waals surface area contributed by atoms with Crippen molar-refractivity contribution < 1.29 is 24.7 Å². The molecule has 0 spiro atoms. The molecule has 0 aromatic carbocycles. The Morgan fingerprint density at radius 3 is 2.35 bits per heavy atom. The fourth-order valence-electron chi connectivity index (χ4n) is 1.82. The zero-order chi connectivity index (χ0) is 13.4.